The van der Waals surface area contributed by atoms with Crippen LogP contribution in [0.4, 0.5) is 4.39 Å². The summed E-state index contributed by atoms with van der Waals surface area (Å²) in [6, 6.07) is 3.45. The Morgan fingerprint density at radius 3 is 2.37 bits per heavy atom. The molecule has 0 aliphatic heterocycles. The van der Waals surface area contributed by atoms with Crippen molar-refractivity contribution in [2.24, 2.45) is 17.4 Å². The lowest BCUT2D eigenvalue weighted by molar-refractivity contribution is -0.121. The molecule has 0 fully saturated rings. The van der Waals surface area contributed by atoms with Gasteiger partial charge in [-0.2, -0.15) is 0 Å². The highest BCUT2D eigenvalue weighted by Crippen LogP contribution is 2.11. The Bertz CT molecular complexity index is 489. The van der Waals surface area contributed by atoms with Gasteiger partial charge in [0.05, 0.1) is 6.04 Å². The zero-order valence-electron chi connectivity index (χ0n) is 10.9. The molecule has 0 saturated heterocycles. The third-order valence-corrected chi connectivity index (χ3v) is 2.82. The van der Waals surface area contributed by atoms with Gasteiger partial charge < -0.3 is 16.8 Å². The van der Waals surface area contributed by atoms with E-state index in [0.29, 0.717) is 5.56 Å². The Morgan fingerprint density at radius 1 is 1.32 bits per heavy atom. The first kappa shape index (κ1) is 15.1. The summed E-state index contributed by atoms with van der Waals surface area (Å²) in [5.74, 6) is -1.71. The van der Waals surface area contributed by atoms with E-state index in [2.05, 4.69) is 5.32 Å². The summed E-state index contributed by atoms with van der Waals surface area (Å²) < 4.78 is 13.7. The van der Waals surface area contributed by atoms with Crippen LogP contribution in [0.25, 0.3) is 0 Å². The van der Waals surface area contributed by atoms with Crippen molar-refractivity contribution in [3.05, 3.63) is 35.1 Å². The minimum absolute atomic E-state index is 0.00505. The van der Waals surface area contributed by atoms with E-state index in [1.165, 1.54) is 12.1 Å². The molecule has 0 saturated carbocycles. The predicted molar refractivity (Wildman–Crippen MR) is 69.6 cm³/mol. The number of rotatable bonds is 6. The van der Waals surface area contributed by atoms with Gasteiger partial charge in [-0.05, 0) is 18.1 Å². The Labute approximate surface area is 111 Å². The second-order valence-corrected chi connectivity index (χ2v) is 4.68. The van der Waals surface area contributed by atoms with E-state index in [1.54, 1.807) is 0 Å². The number of nitrogens with one attached hydrogen (secondary N) is 1. The van der Waals surface area contributed by atoms with Gasteiger partial charge in [-0.25, -0.2) is 4.39 Å². The smallest absolute Gasteiger partial charge is 0.248 e. The Balaban J connectivity index is 2.78. The maximum absolute atomic E-state index is 13.7. The standard InChI is InChI=1S/C13H18FN3O2/c1-7(2)11(13(16)19)17-6-9-4-3-8(12(15)18)5-10(9)14/h3-5,7,11,17H,6H2,1-2H3,(H2,15,18)(H2,16,19). The van der Waals surface area contributed by atoms with Crippen LogP contribution < -0.4 is 16.8 Å². The molecule has 1 unspecified atom stereocenters. The number of primary amides is 2. The maximum atomic E-state index is 13.7. The topological polar surface area (TPSA) is 98.2 Å². The largest absolute Gasteiger partial charge is 0.368 e. The van der Waals surface area contributed by atoms with Crippen molar-refractivity contribution < 1.29 is 14.0 Å². The molecule has 0 aliphatic carbocycles. The lowest BCUT2D eigenvalue weighted by Crippen LogP contribution is -2.44. The highest BCUT2D eigenvalue weighted by Gasteiger charge is 2.19. The highest BCUT2D eigenvalue weighted by molar-refractivity contribution is 5.92. The molecule has 0 heterocycles. The van der Waals surface area contributed by atoms with Gasteiger partial charge in [0.15, 0.2) is 0 Å². The van der Waals surface area contributed by atoms with Crippen molar-refractivity contribution in [3.8, 4) is 0 Å². The van der Waals surface area contributed by atoms with Gasteiger partial charge in [0.2, 0.25) is 11.8 Å². The molecule has 19 heavy (non-hydrogen) atoms. The molecule has 6 heteroatoms. The summed E-state index contributed by atoms with van der Waals surface area (Å²) in [4.78, 5) is 22.1. The van der Waals surface area contributed by atoms with Crippen molar-refractivity contribution in [1.29, 1.82) is 0 Å². The lowest BCUT2D eigenvalue weighted by atomic mass is 10.0. The molecule has 5 N–H and O–H groups in total. The summed E-state index contributed by atoms with van der Waals surface area (Å²) >= 11 is 0. The third-order valence-electron chi connectivity index (χ3n) is 2.82. The summed E-state index contributed by atoms with van der Waals surface area (Å²) in [6.45, 7) is 3.83. The van der Waals surface area contributed by atoms with E-state index in [0.717, 1.165) is 6.07 Å². The average molecular weight is 267 g/mol. The normalized spacial score (nSPS) is 12.4. The van der Waals surface area contributed by atoms with E-state index in [1.807, 2.05) is 13.8 Å². The van der Waals surface area contributed by atoms with E-state index in [9.17, 15) is 14.0 Å². The molecule has 5 nitrogen and oxygen atoms in total. The van der Waals surface area contributed by atoms with E-state index >= 15 is 0 Å². The van der Waals surface area contributed by atoms with E-state index < -0.39 is 23.7 Å². The SMILES string of the molecule is CC(C)C(NCc1ccc(C(N)=O)cc1F)C(N)=O. The lowest BCUT2D eigenvalue weighted by Gasteiger charge is -2.19. The van der Waals surface area contributed by atoms with Gasteiger partial charge in [-0.3, -0.25) is 9.59 Å². The monoisotopic (exact) mass is 267 g/mol. The number of hydrogen-bond acceptors (Lipinski definition) is 3. The van der Waals surface area contributed by atoms with Crippen LogP contribution >= 0.6 is 0 Å². The summed E-state index contributed by atoms with van der Waals surface area (Å²) in [5.41, 5.74) is 10.8. The first-order valence-electron chi connectivity index (χ1n) is 5.94. The van der Waals surface area contributed by atoms with Crippen LogP contribution in [0.5, 0.6) is 0 Å². The quantitative estimate of drug-likeness (QED) is 0.701. The third kappa shape index (κ3) is 4.03. The van der Waals surface area contributed by atoms with E-state index in [4.69, 9.17) is 11.5 Å². The van der Waals surface area contributed by atoms with Crippen LogP contribution in [-0.4, -0.2) is 17.9 Å². The van der Waals surface area contributed by atoms with Gasteiger partial charge in [0.1, 0.15) is 5.82 Å². The number of nitrogens with two attached hydrogens (primary N) is 2. The van der Waals surface area contributed by atoms with Crippen LogP contribution in [0.15, 0.2) is 18.2 Å². The first-order chi connectivity index (χ1) is 8.82. The van der Waals surface area contributed by atoms with Crippen LogP contribution in [0.2, 0.25) is 0 Å². The Morgan fingerprint density at radius 2 is 1.95 bits per heavy atom. The van der Waals surface area contributed by atoms with Crippen LogP contribution in [0.1, 0.15) is 29.8 Å². The zero-order chi connectivity index (χ0) is 14.6. The molecule has 1 atom stereocenters. The van der Waals surface area contributed by atoms with Crippen molar-refractivity contribution in [2.45, 2.75) is 26.4 Å². The predicted octanol–water partition coefficient (Wildman–Crippen LogP) is 0.524. The molecule has 1 rings (SSSR count). The molecule has 1 aromatic carbocycles. The fraction of sp³-hybridized carbons (Fsp3) is 0.385. The Hall–Kier alpha value is -1.95. The molecular formula is C13H18FN3O2. The second kappa shape index (κ2) is 6.29. The molecule has 1 aromatic rings. The van der Waals surface area contributed by atoms with Gasteiger partial charge in [-0.15, -0.1) is 0 Å². The number of carbonyl (C=O) groups is 2. The highest BCUT2D eigenvalue weighted by atomic mass is 19.1. The van der Waals surface area contributed by atoms with Gasteiger partial charge in [-0.1, -0.05) is 19.9 Å². The fourth-order valence-electron chi connectivity index (χ4n) is 1.73. The molecule has 2 amide bonds. The van der Waals surface area contributed by atoms with Crippen molar-refractivity contribution in [2.75, 3.05) is 0 Å². The number of carbonyl (C=O) groups excluding carboxylic acids is 2. The van der Waals surface area contributed by atoms with Crippen LogP contribution in [0.3, 0.4) is 0 Å². The van der Waals surface area contributed by atoms with E-state index in [-0.39, 0.29) is 18.0 Å². The molecule has 0 aromatic heterocycles. The number of benzene rings is 1. The maximum Gasteiger partial charge on any atom is 0.248 e. The second-order valence-electron chi connectivity index (χ2n) is 4.68. The zero-order valence-corrected chi connectivity index (χ0v) is 10.9. The van der Waals surface area contributed by atoms with Crippen LogP contribution in [-0.2, 0) is 11.3 Å². The summed E-state index contributed by atoms with van der Waals surface area (Å²) in [7, 11) is 0. The van der Waals surface area contributed by atoms with Gasteiger partial charge in [0, 0.05) is 17.7 Å². The summed E-state index contributed by atoms with van der Waals surface area (Å²) in [5, 5.41) is 2.89. The number of hydrogen-bond donors (Lipinski definition) is 3. The van der Waals surface area contributed by atoms with Crippen molar-refractivity contribution >= 4 is 11.8 Å². The number of halogens is 1. The van der Waals surface area contributed by atoms with Crippen molar-refractivity contribution in [1.82, 2.24) is 5.32 Å². The fourth-order valence-corrected chi connectivity index (χ4v) is 1.73. The molecule has 0 radical (unpaired) electrons. The molecular weight excluding hydrogens is 249 g/mol. The molecule has 0 bridgehead atoms. The summed E-state index contributed by atoms with van der Waals surface area (Å²) in [6.07, 6.45) is 0. The molecule has 0 aliphatic rings. The molecule has 0 spiro atoms. The minimum atomic E-state index is -0.685. The van der Waals surface area contributed by atoms with Gasteiger partial charge in [0.25, 0.3) is 0 Å². The average Bonchev–Trinajstić information content (AvgIpc) is 2.29. The first-order valence-corrected chi connectivity index (χ1v) is 5.94. The van der Waals surface area contributed by atoms with Crippen molar-refractivity contribution in [3.63, 3.8) is 0 Å². The minimum Gasteiger partial charge on any atom is -0.368 e. The van der Waals surface area contributed by atoms with Gasteiger partial charge >= 0.3 is 0 Å². The Kier molecular flexibility index (Phi) is 5.00. The number of amides is 2. The molecule has 104 valence electrons. The van der Waals surface area contributed by atoms with Crippen LogP contribution in [0, 0.1) is 11.7 Å².